The van der Waals surface area contributed by atoms with Crippen LogP contribution in [0.2, 0.25) is 0 Å². The van der Waals surface area contributed by atoms with Crippen molar-refractivity contribution in [2.45, 2.75) is 31.9 Å². The second kappa shape index (κ2) is 6.06. The Morgan fingerprint density at radius 1 is 1.35 bits per heavy atom. The van der Waals surface area contributed by atoms with Gasteiger partial charge in [-0.05, 0) is 43.0 Å². The predicted octanol–water partition coefficient (Wildman–Crippen LogP) is 3.27. The molecule has 1 aliphatic heterocycles. The van der Waals surface area contributed by atoms with E-state index in [1.807, 2.05) is 0 Å². The number of rotatable bonds is 4. The Bertz CT molecular complexity index is 581. The molecule has 3 N–H and O–H groups in total. The summed E-state index contributed by atoms with van der Waals surface area (Å²) >= 11 is 1.79. The fourth-order valence-electron chi connectivity index (χ4n) is 2.79. The summed E-state index contributed by atoms with van der Waals surface area (Å²) in [5, 5.41) is 0. The van der Waals surface area contributed by atoms with Crippen LogP contribution in [-0.2, 0) is 11.2 Å². The van der Waals surface area contributed by atoms with Gasteiger partial charge in [0.15, 0.2) is 0 Å². The zero-order chi connectivity index (χ0) is 13.9. The van der Waals surface area contributed by atoms with E-state index in [0.717, 1.165) is 19.4 Å². The average molecular weight is 288 g/mol. The van der Waals surface area contributed by atoms with Crippen molar-refractivity contribution in [2.24, 2.45) is 5.84 Å². The van der Waals surface area contributed by atoms with E-state index in [4.69, 9.17) is 10.6 Å². The summed E-state index contributed by atoms with van der Waals surface area (Å²) in [6.07, 6.45) is 2.00. The first kappa shape index (κ1) is 13.8. The summed E-state index contributed by atoms with van der Waals surface area (Å²) in [6, 6.07) is 13.0. The van der Waals surface area contributed by atoms with Crippen LogP contribution in [0.4, 0.5) is 0 Å². The molecular formula is C16H20N2OS. The third kappa shape index (κ3) is 2.79. The molecule has 0 saturated heterocycles. The van der Waals surface area contributed by atoms with Crippen molar-refractivity contribution >= 4 is 11.3 Å². The largest absolute Gasteiger partial charge is 0.373 e. The van der Waals surface area contributed by atoms with Crippen molar-refractivity contribution in [3.05, 3.63) is 57.3 Å². The molecule has 2 heterocycles. The first-order valence-electron chi connectivity index (χ1n) is 7.00. The highest BCUT2D eigenvalue weighted by Gasteiger charge is 2.25. The predicted molar refractivity (Wildman–Crippen MR) is 82.6 cm³/mol. The standard InChI is InChI=1S/C16H20N2OS/c1-11-6-7-16(20-11)14(18-17)10-15-13-5-3-2-4-12(13)8-9-19-15/h2-7,14-15,18H,8-10,17H2,1H3. The smallest absolute Gasteiger partial charge is 0.0846 e. The molecule has 1 aromatic heterocycles. The van der Waals surface area contributed by atoms with Gasteiger partial charge >= 0.3 is 0 Å². The van der Waals surface area contributed by atoms with Crippen molar-refractivity contribution in [3.63, 3.8) is 0 Å². The third-order valence-corrected chi connectivity index (χ3v) is 4.96. The van der Waals surface area contributed by atoms with Crippen LogP contribution in [0, 0.1) is 6.92 Å². The second-order valence-corrected chi connectivity index (χ2v) is 6.53. The lowest BCUT2D eigenvalue weighted by Gasteiger charge is -2.28. The highest BCUT2D eigenvalue weighted by atomic mass is 32.1. The number of fused-ring (bicyclic) bond motifs is 1. The molecule has 106 valence electrons. The molecule has 0 radical (unpaired) electrons. The molecule has 2 atom stereocenters. The summed E-state index contributed by atoms with van der Waals surface area (Å²) < 4.78 is 5.97. The minimum atomic E-state index is 0.128. The van der Waals surface area contributed by atoms with E-state index in [1.54, 1.807) is 11.3 Å². The molecule has 2 aromatic rings. The van der Waals surface area contributed by atoms with Gasteiger partial charge in [0.2, 0.25) is 0 Å². The lowest BCUT2D eigenvalue weighted by atomic mass is 9.93. The van der Waals surface area contributed by atoms with Gasteiger partial charge in [-0.2, -0.15) is 0 Å². The zero-order valence-electron chi connectivity index (χ0n) is 11.6. The maximum atomic E-state index is 5.97. The van der Waals surface area contributed by atoms with Crippen molar-refractivity contribution in [1.82, 2.24) is 5.43 Å². The third-order valence-electron chi connectivity index (χ3n) is 3.85. The number of hydrazine groups is 1. The van der Waals surface area contributed by atoms with E-state index in [2.05, 4.69) is 48.7 Å². The second-order valence-electron chi connectivity index (χ2n) is 5.21. The van der Waals surface area contributed by atoms with Gasteiger partial charge in [0.05, 0.1) is 18.8 Å². The summed E-state index contributed by atoms with van der Waals surface area (Å²) in [4.78, 5) is 2.59. The number of nitrogens with one attached hydrogen (secondary N) is 1. The highest BCUT2D eigenvalue weighted by Crippen LogP contribution is 2.35. The minimum Gasteiger partial charge on any atom is -0.373 e. The van der Waals surface area contributed by atoms with Crippen molar-refractivity contribution in [1.29, 1.82) is 0 Å². The topological polar surface area (TPSA) is 47.3 Å². The maximum absolute atomic E-state index is 5.97. The van der Waals surface area contributed by atoms with Gasteiger partial charge in [-0.1, -0.05) is 24.3 Å². The molecule has 0 amide bonds. The fourth-order valence-corrected chi connectivity index (χ4v) is 3.74. The normalized spacial score (nSPS) is 19.6. The van der Waals surface area contributed by atoms with Crippen LogP contribution >= 0.6 is 11.3 Å². The molecule has 20 heavy (non-hydrogen) atoms. The first-order chi connectivity index (χ1) is 9.78. The van der Waals surface area contributed by atoms with Crippen LogP contribution in [-0.4, -0.2) is 6.61 Å². The summed E-state index contributed by atoms with van der Waals surface area (Å²) in [5.41, 5.74) is 5.66. The minimum absolute atomic E-state index is 0.128. The van der Waals surface area contributed by atoms with E-state index in [-0.39, 0.29) is 12.1 Å². The van der Waals surface area contributed by atoms with Crippen LogP contribution in [0.3, 0.4) is 0 Å². The number of nitrogens with two attached hydrogens (primary N) is 1. The van der Waals surface area contributed by atoms with Gasteiger partial charge in [-0.15, -0.1) is 11.3 Å². The van der Waals surface area contributed by atoms with Crippen LogP contribution < -0.4 is 11.3 Å². The van der Waals surface area contributed by atoms with Gasteiger partial charge in [0, 0.05) is 9.75 Å². The lowest BCUT2D eigenvalue weighted by Crippen LogP contribution is -2.30. The van der Waals surface area contributed by atoms with Crippen LogP contribution in [0.1, 0.15) is 39.4 Å². The Kier molecular flexibility index (Phi) is 4.17. The Labute approximate surface area is 123 Å². The highest BCUT2D eigenvalue weighted by molar-refractivity contribution is 7.12. The van der Waals surface area contributed by atoms with E-state index in [0.29, 0.717) is 0 Å². The van der Waals surface area contributed by atoms with E-state index < -0.39 is 0 Å². The van der Waals surface area contributed by atoms with Crippen LogP contribution in [0.15, 0.2) is 36.4 Å². The van der Waals surface area contributed by atoms with Crippen molar-refractivity contribution in [2.75, 3.05) is 6.61 Å². The number of benzene rings is 1. The fraction of sp³-hybridized carbons (Fsp3) is 0.375. The van der Waals surface area contributed by atoms with Crippen molar-refractivity contribution in [3.8, 4) is 0 Å². The molecule has 1 aliphatic rings. The molecule has 0 spiro atoms. The van der Waals surface area contributed by atoms with Gasteiger partial charge in [-0.3, -0.25) is 11.3 Å². The molecule has 0 saturated carbocycles. The Morgan fingerprint density at radius 3 is 2.95 bits per heavy atom. The maximum Gasteiger partial charge on any atom is 0.0846 e. The number of aryl methyl sites for hydroxylation is 1. The zero-order valence-corrected chi connectivity index (χ0v) is 12.5. The first-order valence-corrected chi connectivity index (χ1v) is 7.81. The Hall–Kier alpha value is -1.20. The number of hydrogen-bond donors (Lipinski definition) is 2. The monoisotopic (exact) mass is 288 g/mol. The lowest BCUT2D eigenvalue weighted by molar-refractivity contribution is 0.0295. The van der Waals surface area contributed by atoms with Gasteiger partial charge in [0.1, 0.15) is 0 Å². The molecular weight excluding hydrogens is 268 g/mol. The molecule has 4 heteroatoms. The molecule has 0 aliphatic carbocycles. The Balaban J connectivity index is 1.80. The van der Waals surface area contributed by atoms with E-state index in [9.17, 15) is 0 Å². The van der Waals surface area contributed by atoms with Gasteiger partial charge in [0.25, 0.3) is 0 Å². The number of hydrogen-bond acceptors (Lipinski definition) is 4. The molecule has 0 bridgehead atoms. The Morgan fingerprint density at radius 2 is 2.20 bits per heavy atom. The van der Waals surface area contributed by atoms with Gasteiger partial charge in [-0.25, -0.2) is 0 Å². The number of thiophene rings is 1. The van der Waals surface area contributed by atoms with Crippen LogP contribution in [0.25, 0.3) is 0 Å². The molecule has 2 unspecified atom stereocenters. The average Bonchev–Trinajstić information content (AvgIpc) is 2.91. The summed E-state index contributed by atoms with van der Waals surface area (Å²) in [6.45, 7) is 2.91. The summed E-state index contributed by atoms with van der Waals surface area (Å²) in [7, 11) is 0. The molecule has 3 rings (SSSR count). The van der Waals surface area contributed by atoms with Crippen molar-refractivity contribution < 1.29 is 4.74 Å². The van der Waals surface area contributed by atoms with Gasteiger partial charge < -0.3 is 4.74 Å². The molecule has 0 fully saturated rings. The summed E-state index contributed by atoms with van der Waals surface area (Å²) in [5.74, 6) is 5.75. The molecule has 1 aromatic carbocycles. The van der Waals surface area contributed by atoms with E-state index >= 15 is 0 Å². The van der Waals surface area contributed by atoms with E-state index in [1.165, 1.54) is 20.9 Å². The van der Waals surface area contributed by atoms with Crippen LogP contribution in [0.5, 0.6) is 0 Å². The SMILES string of the molecule is Cc1ccc(C(CC2OCCc3ccccc32)NN)s1. The number of ether oxygens (including phenoxy) is 1. The molecule has 3 nitrogen and oxygen atoms in total. The quantitative estimate of drug-likeness (QED) is 0.670.